The average molecular weight is 273 g/mol. The summed E-state index contributed by atoms with van der Waals surface area (Å²) < 4.78 is 5.21. The zero-order valence-electron chi connectivity index (χ0n) is 10.4. The second kappa shape index (κ2) is 7.15. The number of aromatic nitrogens is 1. The Kier molecular flexibility index (Phi) is 5.84. The lowest BCUT2D eigenvalue weighted by Gasteiger charge is -2.13. The normalized spacial score (nSPS) is 12.0. The molecular formula is C11H17ClN4O2. The Bertz CT molecular complexity index is 414. The molecular weight excluding hydrogens is 256 g/mol. The Labute approximate surface area is 111 Å². The summed E-state index contributed by atoms with van der Waals surface area (Å²) in [5, 5.41) is 3.08. The number of anilines is 1. The zero-order valence-corrected chi connectivity index (χ0v) is 11.1. The topological polar surface area (TPSA) is 89.3 Å². The average Bonchev–Trinajstić information content (AvgIpc) is 2.36. The number of ether oxygens (including phenoxy) is 1. The Morgan fingerprint density at radius 3 is 2.94 bits per heavy atom. The molecule has 100 valence electrons. The molecule has 4 N–H and O–H groups in total. The maximum Gasteiger partial charge on any atom is 0.253 e. The Balaban J connectivity index is 2.64. The van der Waals surface area contributed by atoms with Crippen LogP contribution in [-0.4, -0.2) is 30.1 Å². The van der Waals surface area contributed by atoms with E-state index in [0.717, 1.165) is 0 Å². The van der Waals surface area contributed by atoms with Crippen molar-refractivity contribution in [1.29, 1.82) is 0 Å². The van der Waals surface area contributed by atoms with Crippen LogP contribution >= 0.6 is 11.6 Å². The summed E-state index contributed by atoms with van der Waals surface area (Å²) in [4.78, 5) is 15.8. The predicted molar refractivity (Wildman–Crippen MR) is 70.5 cm³/mol. The first-order valence-corrected chi connectivity index (χ1v) is 5.97. The van der Waals surface area contributed by atoms with E-state index in [1.54, 1.807) is 0 Å². The molecule has 1 unspecified atom stereocenters. The first-order valence-electron chi connectivity index (χ1n) is 5.59. The summed E-state index contributed by atoms with van der Waals surface area (Å²) in [6, 6.07) is 1.43. The molecule has 0 aliphatic carbocycles. The summed E-state index contributed by atoms with van der Waals surface area (Å²) in [6.45, 7) is 4.84. The monoisotopic (exact) mass is 272 g/mol. The van der Waals surface area contributed by atoms with Crippen LogP contribution in [0.15, 0.2) is 12.3 Å². The number of nitrogens with one attached hydrogen (secondary N) is 2. The SMILES string of the molecule is CCOCC(C)NC(=O)c1cnc(NN)c(Cl)c1. The van der Waals surface area contributed by atoms with E-state index in [1.807, 2.05) is 13.8 Å². The number of nitrogens with two attached hydrogens (primary N) is 1. The Hall–Kier alpha value is -1.37. The second-order valence-electron chi connectivity index (χ2n) is 3.73. The molecule has 1 amide bonds. The van der Waals surface area contributed by atoms with E-state index in [2.05, 4.69) is 15.7 Å². The quantitative estimate of drug-likeness (QED) is 0.534. The summed E-state index contributed by atoms with van der Waals surface area (Å²) in [5.41, 5.74) is 2.71. The van der Waals surface area contributed by atoms with Crippen LogP contribution in [0.2, 0.25) is 5.02 Å². The van der Waals surface area contributed by atoms with Crippen molar-refractivity contribution in [2.24, 2.45) is 5.84 Å². The number of nitrogens with zero attached hydrogens (tertiary/aromatic N) is 1. The number of halogens is 1. The number of pyridine rings is 1. The van der Waals surface area contributed by atoms with Gasteiger partial charge in [0.2, 0.25) is 0 Å². The molecule has 1 aromatic rings. The predicted octanol–water partition coefficient (Wildman–Crippen LogP) is 1.18. The van der Waals surface area contributed by atoms with Gasteiger partial charge in [0.05, 0.1) is 17.2 Å². The second-order valence-corrected chi connectivity index (χ2v) is 4.14. The number of carbonyl (C=O) groups is 1. The highest BCUT2D eigenvalue weighted by Crippen LogP contribution is 2.18. The number of carbonyl (C=O) groups excluding carboxylic acids is 1. The molecule has 0 aliphatic rings. The van der Waals surface area contributed by atoms with E-state index in [-0.39, 0.29) is 11.9 Å². The lowest BCUT2D eigenvalue weighted by Crippen LogP contribution is -2.36. The molecule has 0 fully saturated rings. The summed E-state index contributed by atoms with van der Waals surface area (Å²) in [7, 11) is 0. The lowest BCUT2D eigenvalue weighted by atomic mass is 10.2. The molecule has 0 saturated carbocycles. The number of hydrogen-bond acceptors (Lipinski definition) is 5. The van der Waals surface area contributed by atoms with Crippen LogP contribution in [-0.2, 0) is 4.74 Å². The first kappa shape index (κ1) is 14.7. The smallest absolute Gasteiger partial charge is 0.253 e. The molecule has 0 radical (unpaired) electrons. The summed E-state index contributed by atoms with van der Waals surface area (Å²) in [5.74, 6) is 5.28. The van der Waals surface area contributed by atoms with Crippen LogP contribution < -0.4 is 16.6 Å². The van der Waals surface area contributed by atoms with Crippen molar-refractivity contribution in [2.75, 3.05) is 18.6 Å². The highest BCUT2D eigenvalue weighted by Gasteiger charge is 2.12. The summed E-state index contributed by atoms with van der Waals surface area (Å²) >= 11 is 5.88. The van der Waals surface area contributed by atoms with Crippen LogP contribution in [0, 0.1) is 0 Å². The summed E-state index contributed by atoms with van der Waals surface area (Å²) in [6.07, 6.45) is 1.41. The molecule has 7 heteroatoms. The molecule has 0 aliphatic heterocycles. The van der Waals surface area contributed by atoms with Crippen molar-refractivity contribution in [1.82, 2.24) is 10.3 Å². The standard InChI is InChI=1S/C11H17ClN4O2/c1-3-18-6-7(2)15-11(17)8-4-9(12)10(16-13)14-5-8/h4-5,7H,3,6,13H2,1-2H3,(H,14,16)(H,15,17). The fourth-order valence-electron chi connectivity index (χ4n) is 1.31. The molecule has 0 aromatic carbocycles. The minimum atomic E-state index is -0.250. The van der Waals surface area contributed by atoms with Crippen LogP contribution in [0.4, 0.5) is 5.82 Å². The van der Waals surface area contributed by atoms with Gasteiger partial charge >= 0.3 is 0 Å². The fraction of sp³-hybridized carbons (Fsp3) is 0.455. The van der Waals surface area contributed by atoms with Gasteiger partial charge in [-0.25, -0.2) is 10.8 Å². The van der Waals surface area contributed by atoms with Crippen molar-refractivity contribution < 1.29 is 9.53 Å². The van der Waals surface area contributed by atoms with Gasteiger partial charge in [0, 0.05) is 18.8 Å². The molecule has 0 bridgehead atoms. The van der Waals surface area contributed by atoms with E-state index in [4.69, 9.17) is 22.2 Å². The van der Waals surface area contributed by atoms with Gasteiger partial charge in [-0.1, -0.05) is 11.6 Å². The Morgan fingerprint density at radius 1 is 1.67 bits per heavy atom. The minimum Gasteiger partial charge on any atom is -0.380 e. The third-order valence-electron chi connectivity index (χ3n) is 2.19. The number of nitrogen functional groups attached to an aromatic ring is 1. The number of hydrogen-bond donors (Lipinski definition) is 3. The minimum absolute atomic E-state index is 0.0801. The van der Waals surface area contributed by atoms with Gasteiger partial charge < -0.3 is 15.5 Å². The number of amides is 1. The molecule has 1 aromatic heterocycles. The number of hydrazine groups is 1. The van der Waals surface area contributed by atoms with E-state index < -0.39 is 0 Å². The van der Waals surface area contributed by atoms with E-state index in [0.29, 0.717) is 29.6 Å². The fourth-order valence-corrected chi connectivity index (χ4v) is 1.53. The van der Waals surface area contributed by atoms with Crippen molar-refractivity contribution in [3.8, 4) is 0 Å². The van der Waals surface area contributed by atoms with Gasteiger partial charge in [0.1, 0.15) is 0 Å². The van der Waals surface area contributed by atoms with E-state index in [9.17, 15) is 4.79 Å². The van der Waals surface area contributed by atoms with Crippen molar-refractivity contribution >= 4 is 23.3 Å². The molecule has 18 heavy (non-hydrogen) atoms. The number of rotatable bonds is 6. The van der Waals surface area contributed by atoms with Gasteiger partial charge in [0.25, 0.3) is 5.91 Å². The first-order chi connectivity index (χ1) is 8.58. The van der Waals surface area contributed by atoms with E-state index in [1.165, 1.54) is 12.3 Å². The maximum atomic E-state index is 11.9. The van der Waals surface area contributed by atoms with Gasteiger partial charge in [-0.3, -0.25) is 4.79 Å². The van der Waals surface area contributed by atoms with Crippen molar-refractivity contribution in [3.63, 3.8) is 0 Å². The van der Waals surface area contributed by atoms with Crippen molar-refractivity contribution in [2.45, 2.75) is 19.9 Å². The molecule has 6 nitrogen and oxygen atoms in total. The highest BCUT2D eigenvalue weighted by molar-refractivity contribution is 6.33. The third kappa shape index (κ3) is 4.14. The van der Waals surface area contributed by atoms with Gasteiger partial charge in [-0.2, -0.15) is 0 Å². The van der Waals surface area contributed by atoms with Gasteiger partial charge in [0.15, 0.2) is 5.82 Å². The molecule has 0 spiro atoms. The lowest BCUT2D eigenvalue weighted by molar-refractivity contribution is 0.0871. The largest absolute Gasteiger partial charge is 0.380 e. The van der Waals surface area contributed by atoms with Crippen LogP contribution in [0.1, 0.15) is 24.2 Å². The molecule has 1 rings (SSSR count). The molecule has 0 saturated heterocycles. The third-order valence-corrected chi connectivity index (χ3v) is 2.48. The Morgan fingerprint density at radius 2 is 2.39 bits per heavy atom. The zero-order chi connectivity index (χ0) is 13.5. The van der Waals surface area contributed by atoms with Crippen LogP contribution in [0.3, 0.4) is 0 Å². The van der Waals surface area contributed by atoms with E-state index >= 15 is 0 Å². The van der Waals surface area contributed by atoms with Crippen LogP contribution in [0.5, 0.6) is 0 Å². The van der Waals surface area contributed by atoms with Crippen LogP contribution in [0.25, 0.3) is 0 Å². The van der Waals surface area contributed by atoms with Gasteiger partial charge in [-0.05, 0) is 19.9 Å². The molecule has 1 heterocycles. The van der Waals surface area contributed by atoms with Crippen molar-refractivity contribution in [3.05, 3.63) is 22.8 Å². The molecule has 1 atom stereocenters. The maximum absolute atomic E-state index is 11.9. The van der Waals surface area contributed by atoms with Gasteiger partial charge in [-0.15, -0.1) is 0 Å². The highest BCUT2D eigenvalue weighted by atomic mass is 35.5.